The fourth-order valence-corrected chi connectivity index (χ4v) is 6.02. The Hall–Kier alpha value is -3.33. The van der Waals surface area contributed by atoms with E-state index in [2.05, 4.69) is 35.2 Å². The van der Waals surface area contributed by atoms with Crippen LogP contribution < -0.4 is 5.32 Å². The lowest BCUT2D eigenvalue weighted by atomic mass is 9.82. The lowest BCUT2D eigenvalue weighted by Crippen LogP contribution is -2.48. The SMILES string of the molecule is CC(C)(NC(=O)c1ccc(C#N)nc1)[C@H]1C[C@H]2CC(c3ccnc4ccc(F)cc34)C[C@H]2C1. The fourth-order valence-electron chi connectivity index (χ4n) is 6.02. The lowest BCUT2D eigenvalue weighted by Gasteiger charge is -2.34. The molecule has 5 nitrogen and oxygen atoms in total. The molecule has 0 radical (unpaired) electrons. The molecule has 5 rings (SSSR count). The summed E-state index contributed by atoms with van der Waals surface area (Å²) in [6.07, 6.45) is 7.65. The van der Waals surface area contributed by atoms with Crippen molar-refractivity contribution < 1.29 is 9.18 Å². The first-order valence-corrected chi connectivity index (χ1v) is 11.6. The van der Waals surface area contributed by atoms with E-state index in [1.54, 1.807) is 24.3 Å². The molecule has 1 aromatic carbocycles. The summed E-state index contributed by atoms with van der Waals surface area (Å²) in [5, 5.41) is 13.0. The van der Waals surface area contributed by atoms with Gasteiger partial charge in [-0.25, -0.2) is 9.37 Å². The molecule has 2 heterocycles. The van der Waals surface area contributed by atoms with E-state index in [-0.39, 0.29) is 17.3 Å². The van der Waals surface area contributed by atoms with Gasteiger partial charge in [0.05, 0.1) is 11.1 Å². The number of benzene rings is 1. The van der Waals surface area contributed by atoms with E-state index >= 15 is 0 Å². The van der Waals surface area contributed by atoms with Crippen LogP contribution in [0, 0.1) is 34.9 Å². The highest BCUT2D eigenvalue weighted by molar-refractivity contribution is 5.94. The molecule has 2 aliphatic rings. The van der Waals surface area contributed by atoms with Gasteiger partial charge in [0.15, 0.2) is 0 Å². The number of nitriles is 1. The van der Waals surface area contributed by atoms with Crippen LogP contribution in [0.25, 0.3) is 10.9 Å². The van der Waals surface area contributed by atoms with Crippen LogP contribution in [0.4, 0.5) is 4.39 Å². The zero-order chi connectivity index (χ0) is 23.2. The Morgan fingerprint density at radius 1 is 1.09 bits per heavy atom. The van der Waals surface area contributed by atoms with Crippen LogP contribution in [-0.2, 0) is 0 Å². The zero-order valence-electron chi connectivity index (χ0n) is 18.9. The Labute approximate surface area is 193 Å². The number of fused-ring (bicyclic) bond motifs is 2. The zero-order valence-corrected chi connectivity index (χ0v) is 18.9. The number of rotatable bonds is 4. The molecule has 1 N–H and O–H groups in total. The monoisotopic (exact) mass is 442 g/mol. The number of hydrogen-bond donors (Lipinski definition) is 1. The van der Waals surface area contributed by atoms with Crippen molar-refractivity contribution in [2.45, 2.75) is 51.0 Å². The molecule has 4 atom stereocenters. The fraction of sp³-hybridized carbons (Fsp3) is 0.407. The minimum Gasteiger partial charge on any atom is -0.347 e. The topological polar surface area (TPSA) is 78.7 Å². The van der Waals surface area contributed by atoms with Crippen LogP contribution in [-0.4, -0.2) is 21.4 Å². The quantitative estimate of drug-likeness (QED) is 0.589. The molecule has 3 aromatic rings. The van der Waals surface area contributed by atoms with Crippen LogP contribution in [0.15, 0.2) is 48.8 Å². The van der Waals surface area contributed by atoms with E-state index in [1.165, 1.54) is 17.8 Å². The van der Waals surface area contributed by atoms with Gasteiger partial charge in [-0.3, -0.25) is 9.78 Å². The predicted octanol–water partition coefficient (Wildman–Crippen LogP) is 5.37. The Balaban J connectivity index is 1.26. The molecule has 168 valence electrons. The molecule has 1 amide bonds. The largest absolute Gasteiger partial charge is 0.347 e. The molecule has 2 saturated carbocycles. The van der Waals surface area contributed by atoms with Gasteiger partial charge in [0.1, 0.15) is 17.6 Å². The van der Waals surface area contributed by atoms with Gasteiger partial charge < -0.3 is 5.32 Å². The van der Waals surface area contributed by atoms with Crippen LogP contribution in [0.2, 0.25) is 0 Å². The van der Waals surface area contributed by atoms with Gasteiger partial charge in [0, 0.05) is 23.3 Å². The molecule has 0 spiro atoms. The first-order chi connectivity index (χ1) is 15.8. The van der Waals surface area contributed by atoms with Crippen molar-refractivity contribution in [3.05, 3.63) is 71.4 Å². The van der Waals surface area contributed by atoms with Crippen LogP contribution in [0.5, 0.6) is 0 Å². The Bertz CT molecular complexity index is 1230. The van der Waals surface area contributed by atoms with Crippen LogP contribution in [0.3, 0.4) is 0 Å². The van der Waals surface area contributed by atoms with E-state index in [9.17, 15) is 9.18 Å². The first-order valence-electron chi connectivity index (χ1n) is 11.6. The summed E-state index contributed by atoms with van der Waals surface area (Å²) < 4.78 is 13.9. The van der Waals surface area contributed by atoms with Crippen molar-refractivity contribution in [3.63, 3.8) is 0 Å². The van der Waals surface area contributed by atoms with Crippen LogP contribution >= 0.6 is 0 Å². The van der Waals surface area contributed by atoms with E-state index in [0.29, 0.717) is 34.9 Å². The summed E-state index contributed by atoms with van der Waals surface area (Å²) in [6.45, 7) is 4.20. The lowest BCUT2D eigenvalue weighted by molar-refractivity contribution is 0.0877. The molecule has 33 heavy (non-hydrogen) atoms. The summed E-state index contributed by atoms with van der Waals surface area (Å²) in [7, 11) is 0. The van der Waals surface area contributed by atoms with Gasteiger partial charge in [0.2, 0.25) is 0 Å². The number of pyridine rings is 2. The first kappa shape index (κ1) is 21.5. The summed E-state index contributed by atoms with van der Waals surface area (Å²) in [6, 6.07) is 12.1. The number of hydrogen-bond acceptors (Lipinski definition) is 4. The maximum absolute atomic E-state index is 13.9. The second kappa shape index (κ2) is 8.22. The van der Waals surface area contributed by atoms with E-state index in [0.717, 1.165) is 36.6 Å². The van der Waals surface area contributed by atoms with Crippen molar-refractivity contribution in [1.82, 2.24) is 15.3 Å². The number of aromatic nitrogens is 2. The number of carbonyl (C=O) groups excluding carboxylic acids is 1. The molecule has 0 bridgehead atoms. The second-order valence-corrected chi connectivity index (χ2v) is 10.1. The van der Waals surface area contributed by atoms with Crippen molar-refractivity contribution in [3.8, 4) is 6.07 Å². The summed E-state index contributed by atoms with van der Waals surface area (Å²) >= 11 is 0. The minimum atomic E-state index is -0.336. The average molecular weight is 443 g/mol. The van der Waals surface area contributed by atoms with Crippen molar-refractivity contribution in [1.29, 1.82) is 5.26 Å². The van der Waals surface area contributed by atoms with Gasteiger partial charge in [-0.15, -0.1) is 0 Å². The Kier molecular flexibility index (Phi) is 5.36. The normalized spacial score (nSPS) is 24.4. The molecular weight excluding hydrogens is 415 g/mol. The molecule has 6 heteroatoms. The van der Waals surface area contributed by atoms with Gasteiger partial charge in [-0.05, 0) is 105 Å². The Morgan fingerprint density at radius 3 is 2.52 bits per heavy atom. The van der Waals surface area contributed by atoms with Gasteiger partial charge in [-0.2, -0.15) is 5.26 Å². The smallest absolute Gasteiger partial charge is 0.253 e. The average Bonchev–Trinajstić information content (AvgIpc) is 3.38. The van der Waals surface area contributed by atoms with Gasteiger partial charge in [0.25, 0.3) is 5.91 Å². The minimum absolute atomic E-state index is 0.155. The predicted molar refractivity (Wildman–Crippen MR) is 124 cm³/mol. The number of amides is 1. The maximum atomic E-state index is 13.9. The summed E-state index contributed by atoms with van der Waals surface area (Å²) in [5.74, 6) is 1.68. The van der Waals surface area contributed by atoms with E-state index in [1.807, 2.05) is 12.3 Å². The standard InChI is InChI=1S/C27H27FN4O/c1-27(2,32-26(33)16-3-5-22(14-29)31-15-16)20-11-17-9-19(10-18(17)12-20)23-7-8-30-25-6-4-21(28)13-24(23)25/h3-8,13,15,17-20H,9-12H2,1-2H3,(H,32,33)/t17-,18+,19?,20+. The third kappa shape index (κ3) is 4.08. The molecule has 0 saturated heterocycles. The molecule has 2 aromatic heterocycles. The van der Waals surface area contributed by atoms with E-state index < -0.39 is 0 Å². The maximum Gasteiger partial charge on any atom is 0.253 e. The third-order valence-corrected chi connectivity index (χ3v) is 7.79. The van der Waals surface area contributed by atoms with E-state index in [4.69, 9.17) is 5.26 Å². The number of nitrogens with zero attached hydrogens (tertiary/aromatic N) is 3. The summed E-state index contributed by atoms with van der Waals surface area (Å²) in [4.78, 5) is 21.2. The highest BCUT2D eigenvalue weighted by Gasteiger charge is 2.47. The Morgan fingerprint density at radius 2 is 1.85 bits per heavy atom. The summed E-state index contributed by atoms with van der Waals surface area (Å²) in [5.41, 5.74) is 2.50. The third-order valence-electron chi connectivity index (χ3n) is 7.79. The highest BCUT2D eigenvalue weighted by atomic mass is 19.1. The molecule has 2 fully saturated rings. The second-order valence-electron chi connectivity index (χ2n) is 10.1. The van der Waals surface area contributed by atoms with Crippen LogP contribution in [0.1, 0.15) is 67.1 Å². The van der Waals surface area contributed by atoms with Gasteiger partial charge in [-0.1, -0.05) is 0 Å². The molecular formula is C27H27FN4O. The number of halogens is 1. The molecule has 0 aliphatic heterocycles. The highest BCUT2D eigenvalue weighted by Crippen LogP contribution is 2.55. The number of carbonyl (C=O) groups is 1. The van der Waals surface area contributed by atoms with Crippen molar-refractivity contribution in [2.75, 3.05) is 0 Å². The van der Waals surface area contributed by atoms with Crippen molar-refractivity contribution >= 4 is 16.8 Å². The molecule has 1 unspecified atom stereocenters. The van der Waals surface area contributed by atoms with Gasteiger partial charge >= 0.3 is 0 Å². The number of nitrogens with one attached hydrogen (secondary N) is 1. The molecule has 2 aliphatic carbocycles. The van der Waals surface area contributed by atoms with Crippen molar-refractivity contribution in [2.24, 2.45) is 17.8 Å².